The van der Waals surface area contributed by atoms with Gasteiger partial charge in [0, 0.05) is 91.1 Å². The molecule has 0 saturated heterocycles. The van der Waals surface area contributed by atoms with Gasteiger partial charge in [-0.1, -0.05) is 127 Å². The molecule has 3 aromatic heterocycles. The number of pyridine rings is 3. The molecule has 0 saturated carbocycles. The van der Waals surface area contributed by atoms with Gasteiger partial charge in [0.25, 0.3) is 0 Å². The molecule has 0 amide bonds. The monoisotopic (exact) mass is 1200 g/mol. The van der Waals surface area contributed by atoms with E-state index in [2.05, 4.69) is 118 Å². The number of carboxylic acids is 2. The van der Waals surface area contributed by atoms with E-state index < -0.39 is 11.9 Å². The number of nitrogens with zero attached hydrogens (tertiary/aromatic N) is 3. The molecule has 6 N–H and O–H groups in total. The van der Waals surface area contributed by atoms with Gasteiger partial charge in [0.2, 0.25) is 0 Å². The number of rotatable bonds is 27. The van der Waals surface area contributed by atoms with E-state index in [1.165, 1.54) is 45.5 Å². The third kappa shape index (κ3) is 25.1. The molecular formula is C70H83Cl2LiN6O7. The Morgan fingerprint density at radius 2 is 0.698 bits per heavy atom. The van der Waals surface area contributed by atoms with Gasteiger partial charge in [0.05, 0.1) is 24.9 Å². The smallest absolute Gasteiger partial charge is 0.870 e. The minimum Gasteiger partial charge on any atom is -0.870 e. The van der Waals surface area contributed by atoms with Crippen LogP contribution in [0.1, 0.15) is 92.7 Å². The van der Waals surface area contributed by atoms with Gasteiger partial charge in [0.1, 0.15) is 0 Å². The molecule has 9 rings (SSSR count). The van der Waals surface area contributed by atoms with Gasteiger partial charge in [-0.25, -0.2) is 0 Å². The molecule has 0 spiro atoms. The van der Waals surface area contributed by atoms with Crippen LogP contribution in [-0.4, -0.2) is 73.8 Å². The summed E-state index contributed by atoms with van der Waals surface area (Å²) in [7, 11) is 1.47. The number of hydrogen-bond donors (Lipinski definition) is 5. The van der Waals surface area contributed by atoms with Crippen molar-refractivity contribution in [3.05, 3.63) is 234 Å². The molecule has 6 atom stereocenters. The van der Waals surface area contributed by atoms with Crippen LogP contribution in [0.3, 0.4) is 0 Å². The molecule has 1 unspecified atom stereocenters. The quantitative estimate of drug-likeness (QED) is 0.0240. The van der Waals surface area contributed by atoms with Crippen LogP contribution in [0, 0.1) is 17.8 Å². The van der Waals surface area contributed by atoms with Gasteiger partial charge in [-0.2, -0.15) is 0 Å². The Hall–Kier alpha value is -7.02. The summed E-state index contributed by atoms with van der Waals surface area (Å²) in [6.45, 7) is 8.76. The van der Waals surface area contributed by atoms with Crippen LogP contribution < -0.4 is 34.8 Å². The first kappa shape index (κ1) is 73.2. The number of esters is 1. The number of carbonyl (C=O) groups is 3. The molecule has 6 aromatic carbocycles. The zero-order chi connectivity index (χ0) is 57.9. The SMILES string of the molecule is COC(=O)[C@@H](CC[C@@H](C)NCc1ccc2cnccc2c1)Cc1ccccc1.C[C@H](CCC(Cc1ccccc1)C(=O)O)NCc1ccc2cnccc2c1.C[C@H](CC[C@@H](Cc1ccccc1)C(=O)O)NCc1ccc2cnccc2c1.Cl.Cl.[Li+].[OH-]. The average Bonchev–Trinajstić information content (AvgIpc) is 3.72. The summed E-state index contributed by atoms with van der Waals surface area (Å²) in [6.07, 6.45) is 17.7. The number of carbonyl (C=O) groups excluding carboxylic acids is 1. The average molecular weight is 1200 g/mol. The first-order valence-electron chi connectivity index (χ1n) is 28.7. The van der Waals surface area contributed by atoms with Crippen LogP contribution in [0.15, 0.2) is 201 Å². The number of halogens is 2. The maximum absolute atomic E-state index is 12.2. The van der Waals surface area contributed by atoms with Crippen molar-refractivity contribution >= 4 is 75.0 Å². The van der Waals surface area contributed by atoms with Crippen molar-refractivity contribution in [3.8, 4) is 0 Å². The number of nitrogens with one attached hydrogen (secondary N) is 3. The molecule has 0 aliphatic carbocycles. The van der Waals surface area contributed by atoms with E-state index in [4.69, 9.17) is 4.74 Å². The summed E-state index contributed by atoms with van der Waals surface area (Å²) in [6, 6.07) is 55.9. The molecule has 0 bridgehead atoms. The third-order valence-corrected chi connectivity index (χ3v) is 15.1. The van der Waals surface area contributed by atoms with Crippen LogP contribution in [-0.2, 0) is 58.0 Å². The molecule has 3 heterocycles. The summed E-state index contributed by atoms with van der Waals surface area (Å²) in [5.74, 6) is -2.35. The van der Waals surface area contributed by atoms with Gasteiger partial charge < -0.3 is 36.4 Å². The fourth-order valence-corrected chi connectivity index (χ4v) is 10.1. The number of aliphatic carboxylic acids is 2. The van der Waals surface area contributed by atoms with Gasteiger partial charge in [-0.15, -0.1) is 24.8 Å². The maximum atomic E-state index is 12.2. The van der Waals surface area contributed by atoms with Crippen molar-refractivity contribution in [2.75, 3.05) is 7.11 Å². The van der Waals surface area contributed by atoms with E-state index in [0.717, 1.165) is 79.0 Å². The summed E-state index contributed by atoms with van der Waals surface area (Å²) in [5, 5.41) is 36.7. The Morgan fingerprint density at radius 3 is 0.988 bits per heavy atom. The van der Waals surface area contributed by atoms with Gasteiger partial charge >= 0.3 is 36.8 Å². The number of carboxylic acid groups (broad SMARTS) is 2. The van der Waals surface area contributed by atoms with E-state index in [-0.39, 0.29) is 85.0 Å². The second-order valence-electron chi connectivity index (χ2n) is 21.6. The van der Waals surface area contributed by atoms with E-state index in [1.54, 1.807) is 12.4 Å². The molecule has 0 fully saturated rings. The minimum atomic E-state index is -0.714. The van der Waals surface area contributed by atoms with Gasteiger partial charge in [-0.05, 0) is 164 Å². The topological polar surface area (TPSA) is 206 Å². The largest absolute Gasteiger partial charge is 1.00 e. The van der Waals surface area contributed by atoms with Crippen LogP contribution in [0.2, 0.25) is 0 Å². The molecule has 0 aliphatic rings. The fourth-order valence-electron chi connectivity index (χ4n) is 10.1. The summed E-state index contributed by atoms with van der Waals surface area (Å²) >= 11 is 0. The Bertz CT molecular complexity index is 3240. The molecular weight excluding hydrogens is 1110 g/mol. The zero-order valence-electron chi connectivity index (χ0n) is 50.1. The van der Waals surface area contributed by atoms with Crippen LogP contribution in [0.25, 0.3) is 32.3 Å². The van der Waals surface area contributed by atoms with Crippen LogP contribution in [0.5, 0.6) is 0 Å². The Morgan fingerprint density at radius 1 is 0.407 bits per heavy atom. The van der Waals surface area contributed by atoms with Crippen molar-refractivity contribution in [1.82, 2.24) is 30.9 Å². The number of ether oxygens (including phenoxy) is 1. The van der Waals surface area contributed by atoms with Crippen LogP contribution in [0.4, 0.5) is 0 Å². The van der Waals surface area contributed by atoms with Gasteiger partial charge in [-0.3, -0.25) is 29.3 Å². The van der Waals surface area contributed by atoms with Crippen molar-refractivity contribution in [1.29, 1.82) is 0 Å². The predicted molar refractivity (Wildman–Crippen MR) is 346 cm³/mol. The molecule has 0 radical (unpaired) electrons. The second-order valence-corrected chi connectivity index (χ2v) is 21.6. The van der Waals surface area contributed by atoms with Crippen molar-refractivity contribution in [2.24, 2.45) is 17.8 Å². The molecule has 16 heteroatoms. The van der Waals surface area contributed by atoms with E-state index >= 15 is 0 Å². The molecule has 0 aliphatic heterocycles. The third-order valence-electron chi connectivity index (χ3n) is 15.1. The van der Waals surface area contributed by atoms with E-state index in [0.29, 0.717) is 31.7 Å². The van der Waals surface area contributed by atoms with Gasteiger partial charge in [0.15, 0.2) is 0 Å². The molecule has 13 nitrogen and oxygen atoms in total. The summed E-state index contributed by atoms with van der Waals surface area (Å²) in [5.41, 5.74) is 7.02. The minimum absolute atomic E-state index is 0. The number of benzene rings is 6. The summed E-state index contributed by atoms with van der Waals surface area (Å²) < 4.78 is 5.02. The van der Waals surface area contributed by atoms with Crippen molar-refractivity contribution in [2.45, 2.75) is 116 Å². The molecule has 86 heavy (non-hydrogen) atoms. The van der Waals surface area contributed by atoms with Crippen LogP contribution >= 0.6 is 24.8 Å². The van der Waals surface area contributed by atoms with Crippen molar-refractivity contribution in [3.63, 3.8) is 0 Å². The Labute approximate surface area is 531 Å². The Balaban J connectivity index is 0.000000330. The predicted octanol–water partition coefficient (Wildman–Crippen LogP) is 11.1. The zero-order valence-corrected chi connectivity index (χ0v) is 51.8. The normalized spacial score (nSPS) is 12.7. The van der Waals surface area contributed by atoms with Crippen molar-refractivity contribution < 1.29 is 53.7 Å². The molecule has 450 valence electrons. The number of fused-ring (bicyclic) bond motifs is 3. The van der Waals surface area contributed by atoms with E-state index in [9.17, 15) is 24.6 Å². The molecule has 9 aromatic rings. The van der Waals surface area contributed by atoms with E-state index in [1.807, 2.05) is 122 Å². The maximum Gasteiger partial charge on any atom is 1.00 e. The standard InChI is InChI=1S/C24H28N2O2.2C23H26N2O2.2ClH.Li.H2O/c1-18(26-16-20-9-11-23-17-25-13-12-21(23)15-20)8-10-22(24(27)28-2)14-19-6-4-3-5-7-19;2*1-17(7-9-21(23(26)27)13-18-5-3-2-4-6-18)25-15-19-8-10-22-16-24-12-11-20(22)14-19;;;;/h3-7,9,11-13,15,17-18,22,26H,8,10,14,16H2,1-2H3;2*2-6,8,10-12,14,16-17,21,25H,7,9,13,15H2,1H3,(H,26,27);2*1H;;1H2/q;;;;;+1;/p-1/t18-,22+;17-,21?;17-,21+;;;;/m111..../s1. The second kappa shape index (κ2) is 39.6. The number of aromatic nitrogens is 3. The fraction of sp³-hybridized carbons (Fsp3) is 0.314. The summed E-state index contributed by atoms with van der Waals surface area (Å²) in [4.78, 5) is 47.8. The first-order chi connectivity index (χ1) is 39.9. The Kier molecular flexibility index (Phi) is 33.7. The number of hydrogen-bond acceptors (Lipinski definition) is 11. The first-order valence-corrected chi connectivity index (χ1v) is 28.7. The number of methoxy groups -OCH3 is 1.